The Labute approximate surface area is 123 Å². The number of aliphatic hydroxyl groups excluding tert-OH is 1. The highest BCUT2D eigenvalue weighted by atomic mass is 16.3. The molecule has 20 heavy (non-hydrogen) atoms. The van der Waals surface area contributed by atoms with E-state index in [1.807, 2.05) is 0 Å². The Morgan fingerprint density at radius 3 is 2.35 bits per heavy atom. The van der Waals surface area contributed by atoms with Gasteiger partial charge in [0.25, 0.3) is 0 Å². The van der Waals surface area contributed by atoms with Gasteiger partial charge in [-0.15, -0.1) is 0 Å². The number of hydrogen-bond acceptors (Lipinski definition) is 3. The van der Waals surface area contributed by atoms with Crippen LogP contribution < -0.4 is 0 Å². The van der Waals surface area contributed by atoms with Crippen molar-refractivity contribution >= 4 is 0 Å². The van der Waals surface area contributed by atoms with Gasteiger partial charge in [0, 0.05) is 18.7 Å². The minimum atomic E-state index is -0.0552. The second-order valence-corrected chi connectivity index (χ2v) is 6.74. The molecule has 0 saturated heterocycles. The van der Waals surface area contributed by atoms with Gasteiger partial charge in [-0.1, -0.05) is 38.5 Å². The lowest BCUT2D eigenvalue weighted by Crippen LogP contribution is -2.20. The first-order chi connectivity index (χ1) is 9.25. The van der Waals surface area contributed by atoms with Gasteiger partial charge in [-0.2, -0.15) is 0 Å². The van der Waals surface area contributed by atoms with Crippen LogP contribution in [0.3, 0.4) is 0 Å². The van der Waals surface area contributed by atoms with E-state index in [0.717, 1.165) is 37.1 Å². The van der Waals surface area contributed by atoms with E-state index in [4.69, 9.17) is 5.11 Å². The SMILES string of the molecule is Cc1cc(CN(C)CCCCO)c(O)c(C(C)(C)C)c1. The topological polar surface area (TPSA) is 43.7 Å². The third-order valence-electron chi connectivity index (χ3n) is 3.53. The molecule has 1 rings (SSSR count). The van der Waals surface area contributed by atoms with Crippen LogP contribution in [0.5, 0.6) is 5.75 Å². The molecule has 0 aliphatic heterocycles. The summed E-state index contributed by atoms with van der Waals surface area (Å²) in [6, 6.07) is 4.14. The number of aromatic hydroxyl groups is 1. The molecule has 0 amide bonds. The molecule has 2 N–H and O–H groups in total. The van der Waals surface area contributed by atoms with Gasteiger partial charge in [-0.3, -0.25) is 0 Å². The zero-order valence-corrected chi connectivity index (χ0v) is 13.5. The van der Waals surface area contributed by atoms with Crippen molar-refractivity contribution in [1.82, 2.24) is 4.90 Å². The monoisotopic (exact) mass is 279 g/mol. The van der Waals surface area contributed by atoms with Crippen molar-refractivity contribution in [3.63, 3.8) is 0 Å². The average molecular weight is 279 g/mol. The second-order valence-electron chi connectivity index (χ2n) is 6.74. The Bertz CT molecular complexity index is 435. The molecule has 0 saturated carbocycles. The fourth-order valence-corrected chi connectivity index (χ4v) is 2.41. The van der Waals surface area contributed by atoms with Crippen LogP contribution >= 0.6 is 0 Å². The molecule has 0 heterocycles. The van der Waals surface area contributed by atoms with Crippen LogP contribution in [0.4, 0.5) is 0 Å². The third-order valence-corrected chi connectivity index (χ3v) is 3.53. The molecule has 0 spiro atoms. The summed E-state index contributed by atoms with van der Waals surface area (Å²) in [5.74, 6) is 0.428. The highest BCUT2D eigenvalue weighted by Crippen LogP contribution is 2.34. The van der Waals surface area contributed by atoms with Gasteiger partial charge in [0.1, 0.15) is 5.75 Å². The molecule has 0 aliphatic rings. The molecule has 3 nitrogen and oxygen atoms in total. The van der Waals surface area contributed by atoms with E-state index in [2.05, 4.69) is 51.8 Å². The van der Waals surface area contributed by atoms with E-state index < -0.39 is 0 Å². The van der Waals surface area contributed by atoms with Crippen molar-refractivity contribution in [2.75, 3.05) is 20.2 Å². The maximum Gasteiger partial charge on any atom is 0.123 e. The first-order valence-corrected chi connectivity index (χ1v) is 7.38. The summed E-state index contributed by atoms with van der Waals surface area (Å²) in [5.41, 5.74) is 3.13. The van der Waals surface area contributed by atoms with Crippen molar-refractivity contribution < 1.29 is 10.2 Å². The molecule has 0 aliphatic carbocycles. The maximum atomic E-state index is 10.5. The van der Waals surface area contributed by atoms with Crippen LogP contribution in [0.15, 0.2) is 12.1 Å². The summed E-state index contributed by atoms with van der Waals surface area (Å²) < 4.78 is 0. The van der Waals surface area contributed by atoms with Gasteiger partial charge >= 0.3 is 0 Å². The zero-order valence-electron chi connectivity index (χ0n) is 13.5. The predicted octanol–water partition coefficient (Wildman–Crippen LogP) is 3.20. The van der Waals surface area contributed by atoms with Gasteiger partial charge < -0.3 is 15.1 Å². The van der Waals surface area contributed by atoms with E-state index in [0.29, 0.717) is 5.75 Å². The Morgan fingerprint density at radius 2 is 1.80 bits per heavy atom. The summed E-state index contributed by atoms with van der Waals surface area (Å²) in [7, 11) is 2.05. The molecule has 0 bridgehead atoms. The van der Waals surface area contributed by atoms with Crippen LogP contribution in [0, 0.1) is 6.92 Å². The number of phenolic OH excluding ortho intramolecular Hbond substituents is 1. The molecule has 1 aromatic carbocycles. The number of benzene rings is 1. The van der Waals surface area contributed by atoms with Crippen molar-refractivity contribution in [2.45, 2.75) is 52.5 Å². The van der Waals surface area contributed by atoms with Gasteiger partial charge in [0.2, 0.25) is 0 Å². The van der Waals surface area contributed by atoms with Crippen LogP contribution in [-0.2, 0) is 12.0 Å². The number of hydrogen-bond donors (Lipinski definition) is 2. The van der Waals surface area contributed by atoms with Gasteiger partial charge in [-0.25, -0.2) is 0 Å². The number of aryl methyl sites for hydroxylation is 1. The molecule has 3 heteroatoms. The van der Waals surface area contributed by atoms with E-state index in [9.17, 15) is 5.11 Å². The van der Waals surface area contributed by atoms with Crippen molar-refractivity contribution in [3.05, 3.63) is 28.8 Å². The molecule has 0 radical (unpaired) electrons. The highest BCUT2D eigenvalue weighted by molar-refractivity contribution is 5.46. The zero-order chi connectivity index (χ0) is 15.3. The Morgan fingerprint density at radius 1 is 1.15 bits per heavy atom. The van der Waals surface area contributed by atoms with E-state index in [1.54, 1.807) is 0 Å². The van der Waals surface area contributed by atoms with Crippen LogP contribution in [-0.4, -0.2) is 35.3 Å². The van der Waals surface area contributed by atoms with Crippen molar-refractivity contribution in [2.24, 2.45) is 0 Å². The maximum absolute atomic E-state index is 10.5. The number of phenols is 1. The summed E-state index contributed by atoms with van der Waals surface area (Å²) in [6.45, 7) is 10.4. The molecule has 0 aromatic heterocycles. The second kappa shape index (κ2) is 7.09. The number of aliphatic hydroxyl groups is 1. The highest BCUT2D eigenvalue weighted by Gasteiger charge is 2.21. The summed E-state index contributed by atoms with van der Waals surface area (Å²) >= 11 is 0. The number of unbranched alkanes of at least 4 members (excludes halogenated alkanes) is 1. The first-order valence-electron chi connectivity index (χ1n) is 7.38. The lowest BCUT2D eigenvalue weighted by Gasteiger charge is -2.24. The summed E-state index contributed by atoms with van der Waals surface area (Å²) in [5, 5.41) is 19.3. The van der Waals surface area contributed by atoms with Crippen LogP contribution in [0.25, 0.3) is 0 Å². The Balaban J connectivity index is 2.87. The first kappa shape index (κ1) is 17.0. The van der Waals surface area contributed by atoms with E-state index >= 15 is 0 Å². The standard InChI is InChI=1S/C17H29NO2/c1-13-10-14(12-18(5)8-6-7-9-19)16(20)15(11-13)17(2,3)4/h10-11,19-20H,6-9,12H2,1-5H3. The molecule has 114 valence electrons. The molecule has 0 atom stereocenters. The Kier molecular flexibility index (Phi) is 6.03. The van der Waals surface area contributed by atoms with Crippen LogP contribution in [0.2, 0.25) is 0 Å². The van der Waals surface area contributed by atoms with E-state index in [-0.39, 0.29) is 12.0 Å². The van der Waals surface area contributed by atoms with Crippen LogP contribution in [0.1, 0.15) is 50.3 Å². The largest absolute Gasteiger partial charge is 0.507 e. The van der Waals surface area contributed by atoms with Gasteiger partial charge in [0.05, 0.1) is 0 Å². The smallest absolute Gasteiger partial charge is 0.123 e. The fourth-order valence-electron chi connectivity index (χ4n) is 2.41. The fraction of sp³-hybridized carbons (Fsp3) is 0.647. The average Bonchev–Trinajstić information content (AvgIpc) is 2.32. The van der Waals surface area contributed by atoms with Gasteiger partial charge in [0.15, 0.2) is 0 Å². The lowest BCUT2D eigenvalue weighted by molar-refractivity contribution is 0.259. The normalized spacial score (nSPS) is 12.2. The number of nitrogens with zero attached hydrogens (tertiary/aromatic N) is 1. The minimum Gasteiger partial charge on any atom is -0.507 e. The third kappa shape index (κ3) is 4.80. The van der Waals surface area contributed by atoms with Crippen molar-refractivity contribution in [3.8, 4) is 5.75 Å². The van der Waals surface area contributed by atoms with Crippen molar-refractivity contribution in [1.29, 1.82) is 0 Å². The summed E-state index contributed by atoms with van der Waals surface area (Å²) in [6.07, 6.45) is 1.81. The Hall–Kier alpha value is -1.06. The molecule has 0 unspecified atom stereocenters. The summed E-state index contributed by atoms with van der Waals surface area (Å²) in [4.78, 5) is 2.19. The van der Waals surface area contributed by atoms with Gasteiger partial charge in [-0.05, 0) is 44.3 Å². The number of rotatable bonds is 6. The lowest BCUT2D eigenvalue weighted by atomic mass is 9.84. The quantitative estimate of drug-likeness (QED) is 0.786. The van der Waals surface area contributed by atoms with E-state index in [1.165, 1.54) is 5.56 Å². The molecular formula is C17H29NO2. The molecular weight excluding hydrogens is 250 g/mol. The molecule has 0 fully saturated rings. The minimum absolute atomic E-state index is 0.0552. The predicted molar refractivity (Wildman–Crippen MR) is 84.2 cm³/mol. The molecule has 1 aromatic rings.